The molecule has 0 aliphatic rings. The predicted octanol–water partition coefficient (Wildman–Crippen LogP) is 3.99. The maximum atomic E-state index is 12.4. The van der Waals surface area contributed by atoms with Gasteiger partial charge in [0, 0.05) is 11.0 Å². The van der Waals surface area contributed by atoms with Gasteiger partial charge in [0.2, 0.25) is 0 Å². The fourth-order valence-electron chi connectivity index (χ4n) is 2.13. The van der Waals surface area contributed by atoms with Crippen molar-refractivity contribution >= 4 is 33.4 Å². The fraction of sp³-hybridized carbons (Fsp3) is 0.263. The molecule has 1 atom stereocenters. The first-order chi connectivity index (χ1) is 12.0. The van der Waals surface area contributed by atoms with Crippen LogP contribution in [0.4, 0.5) is 5.69 Å². The highest BCUT2D eigenvalue weighted by Gasteiger charge is 2.18. The first-order valence-corrected chi connectivity index (χ1v) is 8.91. The lowest BCUT2D eigenvalue weighted by Crippen LogP contribution is -2.31. The second-order valence-corrected chi connectivity index (χ2v) is 6.42. The molecule has 6 heteroatoms. The van der Waals surface area contributed by atoms with Gasteiger partial charge in [0.05, 0.1) is 11.3 Å². The van der Waals surface area contributed by atoms with Crippen molar-refractivity contribution in [2.45, 2.75) is 26.4 Å². The largest absolute Gasteiger partial charge is 0.481 e. The SMILES string of the molecule is CCCNC(=O)c1ccccc1NC(=O)[C@@H](C)Oc1ccc(Br)cc1. The van der Waals surface area contributed by atoms with E-state index in [9.17, 15) is 9.59 Å². The van der Waals surface area contributed by atoms with Gasteiger partial charge in [-0.3, -0.25) is 9.59 Å². The quantitative estimate of drug-likeness (QED) is 0.732. The van der Waals surface area contributed by atoms with E-state index in [1.165, 1.54) is 0 Å². The van der Waals surface area contributed by atoms with E-state index in [1.54, 1.807) is 43.3 Å². The number of hydrogen-bond donors (Lipinski definition) is 2. The first kappa shape index (κ1) is 19.0. The van der Waals surface area contributed by atoms with Crippen molar-refractivity contribution in [1.82, 2.24) is 5.32 Å². The van der Waals surface area contributed by atoms with Crippen molar-refractivity contribution in [3.8, 4) is 5.75 Å². The van der Waals surface area contributed by atoms with Crippen molar-refractivity contribution < 1.29 is 14.3 Å². The molecule has 0 aromatic heterocycles. The predicted molar refractivity (Wildman–Crippen MR) is 102 cm³/mol. The Morgan fingerprint density at radius 3 is 2.48 bits per heavy atom. The van der Waals surface area contributed by atoms with Gasteiger partial charge < -0.3 is 15.4 Å². The van der Waals surface area contributed by atoms with E-state index in [4.69, 9.17) is 4.74 Å². The van der Waals surface area contributed by atoms with E-state index in [1.807, 2.05) is 19.1 Å². The molecule has 2 aromatic carbocycles. The molecule has 0 saturated carbocycles. The van der Waals surface area contributed by atoms with E-state index < -0.39 is 6.10 Å². The van der Waals surface area contributed by atoms with Crippen LogP contribution in [0.2, 0.25) is 0 Å². The van der Waals surface area contributed by atoms with E-state index in [0.29, 0.717) is 23.5 Å². The number of carbonyl (C=O) groups excluding carboxylic acids is 2. The zero-order valence-corrected chi connectivity index (χ0v) is 15.8. The van der Waals surface area contributed by atoms with Gasteiger partial charge in [0.15, 0.2) is 6.10 Å². The van der Waals surface area contributed by atoms with Gasteiger partial charge in [-0.1, -0.05) is 35.0 Å². The van der Waals surface area contributed by atoms with Crippen LogP contribution in [-0.4, -0.2) is 24.5 Å². The summed E-state index contributed by atoms with van der Waals surface area (Å²) in [5, 5.41) is 5.58. The molecule has 2 aromatic rings. The maximum Gasteiger partial charge on any atom is 0.265 e. The number of ether oxygens (including phenoxy) is 1. The third-order valence-electron chi connectivity index (χ3n) is 3.46. The Morgan fingerprint density at radius 1 is 1.12 bits per heavy atom. The standard InChI is InChI=1S/C19H21BrN2O3/c1-3-12-21-19(24)16-6-4-5-7-17(16)22-18(23)13(2)25-15-10-8-14(20)9-11-15/h4-11,13H,3,12H2,1-2H3,(H,21,24)(H,22,23)/t13-/m1/s1. The van der Waals surface area contributed by atoms with Gasteiger partial charge in [0.25, 0.3) is 11.8 Å². The highest BCUT2D eigenvalue weighted by Crippen LogP contribution is 2.19. The minimum Gasteiger partial charge on any atom is -0.481 e. The van der Waals surface area contributed by atoms with E-state index in [0.717, 1.165) is 10.9 Å². The lowest BCUT2D eigenvalue weighted by atomic mass is 10.1. The molecule has 0 aliphatic heterocycles. The van der Waals surface area contributed by atoms with Crippen LogP contribution in [0.3, 0.4) is 0 Å². The summed E-state index contributed by atoms with van der Waals surface area (Å²) in [6, 6.07) is 14.2. The van der Waals surface area contributed by atoms with Crippen LogP contribution in [0.25, 0.3) is 0 Å². The molecular weight excluding hydrogens is 384 g/mol. The minimum atomic E-state index is -0.701. The molecule has 0 saturated heterocycles. The molecule has 0 spiro atoms. The molecular formula is C19H21BrN2O3. The van der Waals surface area contributed by atoms with Gasteiger partial charge in [0.1, 0.15) is 5.75 Å². The summed E-state index contributed by atoms with van der Waals surface area (Å²) in [6.45, 7) is 4.23. The summed E-state index contributed by atoms with van der Waals surface area (Å²) in [4.78, 5) is 24.6. The van der Waals surface area contributed by atoms with Gasteiger partial charge in [-0.15, -0.1) is 0 Å². The lowest BCUT2D eigenvalue weighted by molar-refractivity contribution is -0.122. The Bertz CT molecular complexity index is 732. The maximum absolute atomic E-state index is 12.4. The zero-order valence-electron chi connectivity index (χ0n) is 14.2. The number of carbonyl (C=O) groups is 2. The number of nitrogens with one attached hydrogen (secondary N) is 2. The third-order valence-corrected chi connectivity index (χ3v) is 3.99. The molecule has 0 fully saturated rings. The minimum absolute atomic E-state index is 0.209. The highest BCUT2D eigenvalue weighted by atomic mass is 79.9. The Balaban J connectivity index is 2.04. The number of amides is 2. The third kappa shape index (κ3) is 5.60. The zero-order chi connectivity index (χ0) is 18.2. The summed E-state index contributed by atoms with van der Waals surface area (Å²) >= 11 is 3.35. The van der Waals surface area contributed by atoms with Crippen molar-refractivity contribution in [3.05, 3.63) is 58.6 Å². The van der Waals surface area contributed by atoms with E-state index in [-0.39, 0.29) is 11.8 Å². The summed E-state index contributed by atoms with van der Waals surface area (Å²) < 4.78 is 6.57. The molecule has 0 unspecified atom stereocenters. The smallest absolute Gasteiger partial charge is 0.265 e. The summed E-state index contributed by atoms with van der Waals surface area (Å²) in [5.74, 6) is 0.0673. The summed E-state index contributed by atoms with van der Waals surface area (Å²) in [7, 11) is 0. The number of para-hydroxylation sites is 1. The normalized spacial score (nSPS) is 11.5. The van der Waals surface area contributed by atoms with Crippen LogP contribution in [0.15, 0.2) is 53.0 Å². The Morgan fingerprint density at radius 2 is 1.80 bits per heavy atom. The topological polar surface area (TPSA) is 67.4 Å². The average molecular weight is 405 g/mol. The fourth-order valence-corrected chi connectivity index (χ4v) is 2.39. The Labute approximate surface area is 155 Å². The second-order valence-electron chi connectivity index (χ2n) is 5.50. The average Bonchev–Trinajstić information content (AvgIpc) is 2.62. The molecule has 2 N–H and O–H groups in total. The van der Waals surface area contributed by atoms with Crippen LogP contribution in [0.1, 0.15) is 30.6 Å². The molecule has 25 heavy (non-hydrogen) atoms. The first-order valence-electron chi connectivity index (χ1n) is 8.11. The van der Waals surface area contributed by atoms with Crippen LogP contribution in [0.5, 0.6) is 5.75 Å². The molecule has 0 bridgehead atoms. The summed E-state index contributed by atoms with van der Waals surface area (Å²) in [5.41, 5.74) is 0.896. The highest BCUT2D eigenvalue weighted by molar-refractivity contribution is 9.10. The Hall–Kier alpha value is -2.34. The number of hydrogen-bond acceptors (Lipinski definition) is 3. The van der Waals surface area contributed by atoms with Gasteiger partial charge in [-0.05, 0) is 49.7 Å². The van der Waals surface area contributed by atoms with Gasteiger partial charge in [-0.2, -0.15) is 0 Å². The van der Waals surface area contributed by atoms with Crippen molar-refractivity contribution in [1.29, 1.82) is 0 Å². The van der Waals surface area contributed by atoms with Crippen molar-refractivity contribution in [2.75, 3.05) is 11.9 Å². The molecule has 0 heterocycles. The molecule has 0 aliphatic carbocycles. The van der Waals surface area contributed by atoms with E-state index >= 15 is 0 Å². The molecule has 0 radical (unpaired) electrons. The lowest BCUT2D eigenvalue weighted by Gasteiger charge is -2.16. The summed E-state index contributed by atoms with van der Waals surface area (Å²) in [6.07, 6.45) is 0.145. The number of rotatable bonds is 7. The monoisotopic (exact) mass is 404 g/mol. The van der Waals surface area contributed by atoms with E-state index in [2.05, 4.69) is 26.6 Å². The van der Waals surface area contributed by atoms with Crippen molar-refractivity contribution in [3.63, 3.8) is 0 Å². The molecule has 2 rings (SSSR count). The molecule has 5 nitrogen and oxygen atoms in total. The van der Waals surface area contributed by atoms with Crippen LogP contribution >= 0.6 is 15.9 Å². The number of halogens is 1. The van der Waals surface area contributed by atoms with Gasteiger partial charge >= 0.3 is 0 Å². The van der Waals surface area contributed by atoms with Crippen molar-refractivity contribution in [2.24, 2.45) is 0 Å². The molecule has 2 amide bonds. The van der Waals surface area contributed by atoms with Crippen LogP contribution < -0.4 is 15.4 Å². The van der Waals surface area contributed by atoms with Crippen LogP contribution in [-0.2, 0) is 4.79 Å². The van der Waals surface area contributed by atoms with Gasteiger partial charge in [-0.25, -0.2) is 0 Å². The Kier molecular flexibility index (Phi) is 7.01. The van der Waals surface area contributed by atoms with Crippen LogP contribution in [0, 0.1) is 0 Å². The number of anilines is 1. The number of benzene rings is 2. The second kappa shape index (κ2) is 9.22. The molecule has 132 valence electrons.